The van der Waals surface area contributed by atoms with Crippen molar-refractivity contribution in [1.29, 1.82) is 0 Å². The highest BCUT2D eigenvalue weighted by Crippen LogP contribution is 2.20. The molecule has 0 heterocycles. The molecule has 0 spiro atoms. The second-order valence-electron chi connectivity index (χ2n) is 6.69. The zero-order valence-electron chi connectivity index (χ0n) is 19.2. The molecule has 1 N–H and O–H groups in total. The average Bonchev–Trinajstić information content (AvgIpc) is 2.80. The minimum absolute atomic E-state index is 0. The van der Waals surface area contributed by atoms with Crippen LogP contribution in [-0.4, -0.2) is 56.9 Å². The van der Waals surface area contributed by atoms with Crippen molar-refractivity contribution in [3.63, 3.8) is 0 Å². The van der Waals surface area contributed by atoms with E-state index in [0.717, 1.165) is 48.7 Å². The largest absolute Gasteiger partial charge is 0.394 e. The van der Waals surface area contributed by atoms with Crippen LogP contribution in [0.2, 0.25) is 0 Å². The van der Waals surface area contributed by atoms with E-state index in [2.05, 4.69) is 37.5 Å². The molecule has 0 bridgehead atoms. The van der Waals surface area contributed by atoms with Crippen LogP contribution in [0.3, 0.4) is 0 Å². The first-order chi connectivity index (χ1) is 14.6. The number of nitrogens with zero attached hydrogens (tertiary/aromatic N) is 2. The molecular formula is C27H46N2O3. The molecule has 0 saturated heterocycles. The Balaban J connectivity index is 0. The van der Waals surface area contributed by atoms with Crippen molar-refractivity contribution in [1.82, 2.24) is 0 Å². The van der Waals surface area contributed by atoms with E-state index in [9.17, 15) is 4.79 Å². The standard InChI is InChI=1S/C21H28N2O.C4H10O2.2CH4/c1-5-22(6-2)19-13-9-17(10-14-19)21(24)18-11-15-20(16-12-18)23(7-3)8-4;1-2-6-4-3-5;;/h9-16H,5-8H2,1-4H3;5H,2-4H2,1H3;2*1H4. The molecule has 2 aromatic rings. The predicted molar refractivity (Wildman–Crippen MR) is 140 cm³/mol. The van der Waals surface area contributed by atoms with Crippen LogP contribution in [0, 0.1) is 0 Å². The van der Waals surface area contributed by atoms with Crippen LogP contribution in [-0.2, 0) is 4.74 Å². The molecule has 0 unspecified atom stereocenters. The minimum atomic E-state index is 0. The van der Waals surface area contributed by atoms with Crippen molar-refractivity contribution in [2.75, 3.05) is 55.8 Å². The Labute approximate surface area is 197 Å². The number of ketones is 1. The first-order valence-electron chi connectivity index (χ1n) is 11.0. The number of carbonyl (C=O) groups is 1. The summed E-state index contributed by atoms with van der Waals surface area (Å²) in [6.07, 6.45) is 0. The Bertz CT molecular complexity index is 645. The van der Waals surface area contributed by atoms with E-state index in [-0.39, 0.29) is 27.2 Å². The van der Waals surface area contributed by atoms with E-state index >= 15 is 0 Å². The van der Waals surface area contributed by atoms with Crippen molar-refractivity contribution in [3.8, 4) is 0 Å². The van der Waals surface area contributed by atoms with Crippen molar-refractivity contribution >= 4 is 17.2 Å². The van der Waals surface area contributed by atoms with E-state index in [1.807, 2.05) is 55.5 Å². The van der Waals surface area contributed by atoms with Crippen molar-refractivity contribution in [2.45, 2.75) is 49.5 Å². The Morgan fingerprint density at radius 2 is 1.06 bits per heavy atom. The predicted octanol–water partition coefficient (Wildman–Crippen LogP) is 5.90. The highest BCUT2D eigenvalue weighted by molar-refractivity contribution is 6.09. The lowest BCUT2D eigenvalue weighted by Crippen LogP contribution is -2.22. The van der Waals surface area contributed by atoms with Gasteiger partial charge in [0, 0.05) is 55.3 Å². The SMILES string of the molecule is C.C.CCN(CC)c1ccc(C(=O)c2ccc(N(CC)CC)cc2)cc1.CCOCCO. The zero-order valence-corrected chi connectivity index (χ0v) is 19.2. The van der Waals surface area contributed by atoms with E-state index in [1.54, 1.807) is 0 Å². The third kappa shape index (κ3) is 9.84. The summed E-state index contributed by atoms with van der Waals surface area (Å²) in [5, 5.41) is 8.07. The zero-order chi connectivity index (χ0) is 22.4. The molecule has 5 nitrogen and oxygen atoms in total. The number of rotatable bonds is 11. The number of hydrogen-bond donors (Lipinski definition) is 1. The number of carbonyl (C=O) groups excluding carboxylic acids is 1. The molecule has 2 rings (SSSR count). The summed E-state index contributed by atoms with van der Waals surface area (Å²) >= 11 is 0. The highest BCUT2D eigenvalue weighted by atomic mass is 16.5. The lowest BCUT2D eigenvalue weighted by atomic mass is 10.0. The molecule has 32 heavy (non-hydrogen) atoms. The molecule has 0 aliphatic heterocycles. The maximum atomic E-state index is 12.7. The molecule has 0 aliphatic carbocycles. The van der Waals surface area contributed by atoms with Crippen LogP contribution in [0.1, 0.15) is 65.4 Å². The van der Waals surface area contributed by atoms with E-state index < -0.39 is 0 Å². The monoisotopic (exact) mass is 446 g/mol. The van der Waals surface area contributed by atoms with Crippen LogP contribution >= 0.6 is 0 Å². The van der Waals surface area contributed by atoms with Gasteiger partial charge in [-0.3, -0.25) is 4.79 Å². The number of hydrogen-bond acceptors (Lipinski definition) is 5. The van der Waals surface area contributed by atoms with Crippen molar-refractivity contribution in [3.05, 3.63) is 59.7 Å². The smallest absolute Gasteiger partial charge is 0.193 e. The fourth-order valence-corrected chi connectivity index (χ4v) is 3.20. The van der Waals surface area contributed by atoms with Gasteiger partial charge in [-0.1, -0.05) is 14.9 Å². The second-order valence-corrected chi connectivity index (χ2v) is 6.69. The summed E-state index contributed by atoms with van der Waals surface area (Å²) in [4.78, 5) is 17.2. The molecular weight excluding hydrogens is 400 g/mol. The minimum Gasteiger partial charge on any atom is -0.394 e. The lowest BCUT2D eigenvalue weighted by molar-refractivity contribution is 0.102. The molecule has 0 atom stereocenters. The second kappa shape index (κ2) is 18.2. The fourth-order valence-electron chi connectivity index (χ4n) is 3.20. The Morgan fingerprint density at radius 1 is 0.719 bits per heavy atom. The van der Waals surface area contributed by atoms with Gasteiger partial charge in [0.2, 0.25) is 0 Å². The molecule has 2 aromatic carbocycles. The van der Waals surface area contributed by atoms with Crippen LogP contribution < -0.4 is 9.80 Å². The van der Waals surface area contributed by atoms with E-state index in [0.29, 0.717) is 13.2 Å². The van der Waals surface area contributed by atoms with E-state index in [4.69, 9.17) is 9.84 Å². The van der Waals surface area contributed by atoms with Gasteiger partial charge in [0.1, 0.15) is 0 Å². The number of ether oxygens (including phenoxy) is 1. The topological polar surface area (TPSA) is 53.0 Å². The first-order valence-corrected chi connectivity index (χ1v) is 11.0. The van der Waals surface area contributed by atoms with Gasteiger partial charge in [-0.15, -0.1) is 0 Å². The summed E-state index contributed by atoms with van der Waals surface area (Å²) in [6, 6.07) is 15.8. The summed E-state index contributed by atoms with van der Waals surface area (Å²) in [5.41, 5.74) is 3.80. The number of aliphatic hydroxyl groups is 1. The number of aliphatic hydroxyl groups excluding tert-OH is 1. The Hall–Kier alpha value is -2.37. The van der Waals surface area contributed by atoms with Gasteiger partial charge in [-0.2, -0.15) is 0 Å². The van der Waals surface area contributed by atoms with Gasteiger partial charge in [-0.25, -0.2) is 0 Å². The molecule has 5 heteroatoms. The molecule has 0 radical (unpaired) electrons. The first kappa shape index (κ1) is 31.8. The number of benzene rings is 2. The van der Waals surface area contributed by atoms with Gasteiger partial charge in [0.15, 0.2) is 5.78 Å². The molecule has 0 amide bonds. The molecule has 0 aliphatic rings. The molecule has 182 valence electrons. The quantitative estimate of drug-likeness (QED) is 0.344. The third-order valence-corrected chi connectivity index (χ3v) is 4.96. The van der Waals surface area contributed by atoms with Crippen LogP contribution in [0.25, 0.3) is 0 Å². The van der Waals surface area contributed by atoms with Gasteiger partial charge >= 0.3 is 0 Å². The highest BCUT2D eigenvalue weighted by Gasteiger charge is 2.11. The Kier molecular flexibility index (Phi) is 18.1. The Morgan fingerprint density at radius 3 is 1.28 bits per heavy atom. The van der Waals surface area contributed by atoms with Gasteiger partial charge in [-0.05, 0) is 83.1 Å². The van der Waals surface area contributed by atoms with Gasteiger partial charge in [0.25, 0.3) is 0 Å². The fraction of sp³-hybridized carbons (Fsp3) is 0.519. The summed E-state index contributed by atoms with van der Waals surface area (Å²) < 4.78 is 4.73. The lowest BCUT2D eigenvalue weighted by Gasteiger charge is -2.21. The van der Waals surface area contributed by atoms with Crippen molar-refractivity contribution in [2.24, 2.45) is 0 Å². The maximum absolute atomic E-state index is 12.7. The van der Waals surface area contributed by atoms with Crippen LogP contribution in [0.5, 0.6) is 0 Å². The van der Waals surface area contributed by atoms with Crippen molar-refractivity contribution < 1.29 is 14.6 Å². The van der Waals surface area contributed by atoms with Gasteiger partial charge in [0.05, 0.1) is 13.2 Å². The molecule has 0 saturated carbocycles. The van der Waals surface area contributed by atoms with Gasteiger partial charge < -0.3 is 19.6 Å². The summed E-state index contributed by atoms with van der Waals surface area (Å²) in [6.45, 7) is 15.6. The third-order valence-electron chi connectivity index (χ3n) is 4.96. The average molecular weight is 447 g/mol. The normalized spacial score (nSPS) is 9.56. The summed E-state index contributed by atoms with van der Waals surface area (Å²) in [5.74, 6) is 0.0761. The summed E-state index contributed by atoms with van der Waals surface area (Å²) in [7, 11) is 0. The van der Waals surface area contributed by atoms with Crippen LogP contribution in [0.4, 0.5) is 11.4 Å². The number of anilines is 2. The molecule has 0 fully saturated rings. The van der Waals surface area contributed by atoms with E-state index in [1.165, 1.54) is 0 Å². The molecule has 0 aromatic heterocycles. The van der Waals surface area contributed by atoms with Crippen LogP contribution in [0.15, 0.2) is 48.5 Å². The maximum Gasteiger partial charge on any atom is 0.193 e.